The third-order valence-electron chi connectivity index (χ3n) is 4.50. The second kappa shape index (κ2) is 6.33. The molecule has 1 saturated heterocycles. The molecule has 0 unspecified atom stereocenters. The molecule has 1 fully saturated rings. The highest BCUT2D eigenvalue weighted by Crippen LogP contribution is 2.32. The molecule has 1 aliphatic heterocycles. The molecule has 0 aliphatic carbocycles. The van der Waals surface area contributed by atoms with E-state index in [0.29, 0.717) is 16.7 Å². The number of piperazine rings is 1. The van der Waals surface area contributed by atoms with Gasteiger partial charge in [-0.1, -0.05) is 12.1 Å². The van der Waals surface area contributed by atoms with Gasteiger partial charge in [-0.3, -0.25) is 4.68 Å². The van der Waals surface area contributed by atoms with Gasteiger partial charge >= 0.3 is 0 Å². The number of halogens is 1. The molecule has 3 aromatic rings. The zero-order chi connectivity index (χ0) is 18.3. The lowest BCUT2D eigenvalue weighted by molar-refractivity contribution is 0.563. The molecule has 26 heavy (non-hydrogen) atoms. The van der Waals surface area contributed by atoms with Crippen LogP contribution < -0.4 is 10.2 Å². The van der Waals surface area contributed by atoms with Crippen molar-refractivity contribution < 1.29 is 12.8 Å². The lowest BCUT2D eigenvalue weighted by Crippen LogP contribution is -2.44. The average Bonchev–Trinajstić information content (AvgIpc) is 3.00. The summed E-state index contributed by atoms with van der Waals surface area (Å²) in [4.78, 5) is 6.17. The van der Waals surface area contributed by atoms with Crippen LogP contribution in [-0.4, -0.2) is 49.4 Å². The Labute approximate surface area is 150 Å². The fourth-order valence-electron chi connectivity index (χ4n) is 3.25. The lowest BCUT2D eigenvalue weighted by atomic mass is 10.2. The molecule has 1 aromatic carbocycles. The molecular weight excluding hydrogens is 357 g/mol. The number of aromatic nitrogens is 3. The predicted molar refractivity (Wildman–Crippen MR) is 95.4 cm³/mol. The van der Waals surface area contributed by atoms with Crippen molar-refractivity contribution in [3.8, 4) is 0 Å². The van der Waals surface area contributed by atoms with Crippen molar-refractivity contribution in [3.05, 3.63) is 42.3 Å². The normalized spacial score (nSPS) is 15.5. The van der Waals surface area contributed by atoms with Gasteiger partial charge in [0.1, 0.15) is 16.2 Å². The maximum atomic E-state index is 14.1. The molecule has 0 amide bonds. The van der Waals surface area contributed by atoms with Crippen molar-refractivity contribution in [2.75, 3.05) is 31.1 Å². The van der Waals surface area contributed by atoms with E-state index in [4.69, 9.17) is 0 Å². The topological polar surface area (TPSA) is 80.1 Å². The SMILES string of the molecule is Cn1nc(S(=O)(=O)c2ccccc2F)c2ccnc(N3CCNCC3)c21. The van der Waals surface area contributed by atoms with Crippen LogP contribution in [0.25, 0.3) is 10.9 Å². The number of fused-ring (bicyclic) bond motifs is 1. The predicted octanol–water partition coefficient (Wildman–Crippen LogP) is 1.35. The minimum atomic E-state index is -4.09. The number of aryl methyl sites for hydroxylation is 1. The number of hydrogen-bond acceptors (Lipinski definition) is 6. The van der Waals surface area contributed by atoms with Gasteiger partial charge in [0, 0.05) is 44.8 Å². The molecule has 0 saturated carbocycles. The van der Waals surface area contributed by atoms with E-state index in [0.717, 1.165) is 32.2 Å². The maximum Gasteiger partial charge on any atom is 0.229 e. The molecular formula is C17H18FN5O2S. The Morgan fingerprint density at radius 2 is 1.88 bits per heavy atom. The summed E-state index contributed by atoms with van der Waals surface area (Å²) in [7, 11) is -2.41. The highest BCUT2D eigenvalue weighted by molar-refractivity contribution is 7.91. The first-order chi connectivity index (χ1) is 12.5. The third kappa shape index (κ3) is 2.63. The number of pyridine rings is 1. The van der Waals surface area contributed by atoms with Crippen LogP contribution in [0.4, 0.5) is 10.2 Å². The van der Waals surface area contributed by atoms with E-state index in [2.05, 4.69) is 20.3 Å². The molecule has 7 nitrogen and oxygen atoms in total. The molecule has 1 aliphatic rings. The second-order valence-electron chi connectivity index (χ2n) is 6.13. The summed E-state index contributed by atoms with van der Waals surface area (Å²) in [6, 6.07) is 6.95. The van der Waals surface area contributed by atoms with Gasteiger partial charge in [-0.2, -0.15) is 5.10 Å². The summed E-state index contributed by atoms with van der Waals surface area (Å²) in [5, 5.41) is 7.78. The Hall–Kier alpha value is -2.52. The van der Waals surface area contributed by atoms with Crippen LogP contribution in [0, 0.1) is 5.82 Å². The number of hydrogen-bond donors (Lipinski definition) is 1. The van der Waals surface area contributed by atoms with Gasteiger partial charge in [0.2, 0.25) is 9.84 Å². The molecule has 0 bridgehead atoms. The summed E-state index contributed by atoms with van der Waals surface area (Å²) in [5.41, 5.74) is 0.629. The quantitative estimate of drug-likeness (QED) is 0.744. The number of nitrogens with zero attached hydrogens (tertiary/aromatic N) is 4. The number of sulfone groups is 1. The van der Waals surface area contributed by atoms with Gasteiger partial charge in [0.05, 0.1) is 0 Å². The van der Waals surface area contributed by atoms with E-state index < -0.39 is 15.7 Å². The molecule has 9 heteroatoms. The van der Waals surface area contributed by atoms with E-state index in [1.165, 1.54) is 22.9 Å². The third-order valence-corrected chi connectivity index (χ3v) is 6.22. The lowest BCUT2D eigenvalue weighted by Gasteiger charge is -2.28. The highest BCUT2D eigenvalue weighted by atomic mass is 32.2. The Bertz CT molecular complexity index is 1070. The minimum Gasteiger partial charge on any atom is -0.352 e. The Balaban J connectivity index is 1.92. The highest BCUT2D eigenvalue weighted by Gasteiger charge is 2.29. The second-order valence-corrected chi connectivity index (χ2v) is 7.96. The molecule has 0 spiro atoms. The van der Waals surface area contributed by atoms with Gasteiger partial charge < -0.3 is 10.2 Å². The fraction of sp³-hybridized carbons (Fsp3) is 0.294. The Morgan fingerprint density at radius 1 is 1.15 bits per heavy atom. The monoisotopic (exact) mass is 375 g/mol. The molecule has 4 rings (SSSR count). The van der Waals surface area contributed by atoms with Crippen LogP contribution in [0.15, 0.2) is 46.5 Å². The van der Waals surface area contributed by atoms with Crippen molar-refractivity contribution in [1.82, 2.24) is 20.1 Å². The standard InChI is InChI=1S/C17H18FN5O2S/c1-22-15-12(6-7-20-16(15)23-10-8-19-9-11-23)17(21-22)26(24,25)14-5-3-2-4-13(14)18/h2-7,19H,8-11H2,1H3. The van der Waals surface area contributed by atoms with Gasteiger partial charge in [0.25, 0.3) is 0 Å². The largest absolute Gasteiger partial charge is 0.352 e. The van der Waals surface area contributed by atoms with E-state index in [1.54, 1.807) is 19.3 Å². The first-order valence-electron chi connectivity index (χ1n) is 8.27. The Kier molecular flexibility index (Phi) is 4.12. The first kappa shape index (κ1) is 16.9. The van der Waals surface area contributed by atoms with Crippen LogP contribution in [0.1, 0.15) is 0 Å². The van der Waals surface area contributed by atoms with Gasteiger partial charge in [-0.25, -0.2) is 17.8 Å². The number of benzene rings is 1. The van der Waals surface area contributed by atoms with Crippen LogP contribution in [0.3, 0.4) is 0 Å². The zero-order valence-corrected chi connectivity index (χ0v) is 15.0. The number of anilines is 1. The van der Waals surface area contributed by atoms with Gasteiger partial charge in [-0.15, -0.1) is 0 Å². The minimum absolute atomic E-state index is 0.154. The van der Waals surface area contributed by atoms with E-state index in [9.17, 15) is 12.8 Å². The summed E-state index contributed by atoms with van der Waals surface area (Å²) >= 11 is 0. The van der Waals surface area contributed by atoms with Crippen molar-refractivity contribution in [3.63, 3.8) is 0 Å². The Morgan fingerprint density at radius 3 is 2.62 bits per heavy atom. The molecule has 0 atom stereocenters. The van der Waals surface area contributed by atoms with Crippen LogP contribution in [0.5, 0.6) is 0 Å². The fourth-order valence-corrected chi connectivity index (χ4v) is 4.72. The average molecular weight is 375 g/mol. The van der Waals surface area contributed by atoms with E-state index in [1.807, 2.05) is 0 Å². The summed E-state index contributed by atoms with van der Waals surface area (Å²) in [6.07, 6.45) is 1.57. The summed E-state index contributed by atoms with van der Waals surface area (Å²) in [5.74, 6) is -0.100. The molecule has 1 N–H and O–H groups in total. The summed E-state index contributed by atoms with van der Waals surface area (Å²) in [6.45, 7) is 3.20. The molecule has 0 radical (unpaired) electrons. The van der Waals surface area contributed by atoms with E-state index >= 15 is 0 Å². The van der Waals surface area contributed by atoms with Gasteiger partial charge in [0.15, 0.2) is 10.8 Å². The van der Waals surface area contributed by atoms with Gasteiger partial charge in [-0.05, 0) is 18.2 Å². The van der Waals surface area contributed by atoms with Crippen LogP contribution in [0.2, 0.25) is 0 Å². The van der Waals surface area contributed by atoms with Crippen LogP contribution >= 0.6 is 0 Å². The van der Waals surface area contributed by atoms with Crippen molar-refractivity contribution in [2.45, 2.75) is 9.92 Å². The smallest absolute Gasteiger partial charge is 0.229 e. The maximum absolute atomic E-state index is 14.1. The van der Waals surface area contributed by atoms with Crippen molar-refractivity contribution in [2.24, 2.45) is 7.05 Å². The van der Waals surface area contributed by atoms with E-state index in [-0.39, 0.29) is 9.92 Å². The molecule has 136 valence electrons. The zero-order valence-electron chi connectivity index (χ0n) is 14.2. The molecule has 3 heterocycles. The van der Waals surface area contributed by atoms with Crippen molar-refractivity contribution >= 4 is 26.6 Å². The number of rotatable bonds is 3. The first-order valence-corrected chi connectivity index (χ1v) is 9.75. The number of nitrogens with one attached hydrogen (secondary N) is 1. The molecule has 2 aromatic heterocycles. The van der Waals surface area contributed by atoms with Crippen molar-refractivity contribution in [1.29, 1.82) is 0 Å². The summed E-state index contributed by atoms with van der Waals surface area (Å²) < 4.78 is 41.6. The van der Waals surface area contributed by atoms with Crippen LogP contribution in [-0.2, 0) is 16.9 Å².